The topological polar surface area (TPSA) is 90.7 Å². The Morgan fingerprint density at radius 1 is 1.21 bits per heavy atom. The van der Waals surface area contributed by atoms with Crippen LogP contribution in [0.1, 0.15) is 11.1 Å². The molecule has 3 N–H and O–H groups in total. The number of amides is 2. The lowest BCUT2D eigenvalue weighted by atomic mass is 10.0. The van der Waals surface area contributed by atoms with Crippen molar-refractivity contribution < 1.29 is 32.2 Å². The van der Waals surface area contributed by atoms with E-state index < -0.39 is 29.6 Å². The molecule has 134 valence electrons. The van der Waals surface area contributed by atoms with Crippen LogP contribution in [0.3, 0.4) is 0 Å². The lowest BCUT2D eigenvalue weighted by Crippen LogP contribution is -2.47. The van der Waals surface area contributed by atoms with Gasteiger partial charge in [0.15, 0.2) is 0 Å². The summed E-state index contributed by atoms with van der Waals surface area (Å²) in [4.78, 5) is 23.1. The largest absolute Gasteiger partial charge is 0.416 e. The highest BCUT2D eigenvalue weighted by molar-refractivity contribution is 5.87. The van der Waals surface area contributed by atoms with Crippen molar-refractivity contribution >= 4 is 11.8 Å². The van der Waals surface area contributed by atoms with Gasteiger partial charge in [0.1, 0.15) is 12.6 Å². The van der Waals surface area contributed by atoms with Crippen LogP contribution < -0.4 is 11.1 Å². The van der Waals surface area contributed by atoms with Crippen molar-refractivity contribution in [1.82, 2.24) is 5.32 Å². The maximum atomic E-state index is 12.5. The smallest absolute Gasteiger partial charge is 0.382 e. The number of benzene rings is 1. The van der Waals surface area contributed by atoms with E-state index in [2.05, 4.69) is 5.32 Å². The summed E-state index contributed by atoms with van der Waals surface area (Å²) in [6, 6.07) is 3.24. The highest BCUT2D eigenvalue weighted by Crippen LogP contribution is 2.29. The number of nitrogens with one attached hydrogen (secondary N) is 1. The molecule has 0 aliphatic heterocycles. The minimum atomic E-state index is -4.44. The van der Waals surface area contributed by atoms with Crippen LogP contribution in [0.25, 0.3) is 0 Å². The number of primary amides is 1. The van der Waals surface area contributed by atoms with Gasteiger partial charge in [-0.2, -0.15) is 13.2 Å². The second-order valence-corrected chi connectivity index (χ2v) is 4.97. The molecule has 0 saturated carbocycles. The predicted molar refractivity (Wildman–Crippen MR) is 79.0 cm³/mol. The fraction of sp³-hybridized carbons (Fsp3) is 0.467. The molecule has 0 unspecified atom stereocenters. The molecule has 2 amide bonds. The number of halogens is 3. The number of rotatable bonds is 9. The molecule has 0 saturated heterocycles. The number of ether oxygens (including phenoxy) is 2. The van der Waals surface area contributed by atoms with E-state index in [0.29, 0.717) is 12.2 Å². The Bertz CT molecular complexity index is 547. The van der Waals surface area contributed by atoms with E-state index in [4.69, 9.17) is 15.2 Å². The Hall–Kier alpha value is -2.13. The van der Waals surface area contributed by atoms with Gasteiger partial charge in [0.25, 0.3) is 0 Å². The Kier molecular flexibility index (Phi) is 7.66. The third-order valence-corrected chi connectivity index (χ3v) is 3.06. The highest BCUT2D eigenvalue weighted by atomic mass is 19.4. The zero-order chi connectivity index (χ0) is 18.2. The number of hydrogen-bond donors (Lipinski definition) is 2. The van der Waals surface area contributed by atoms with E-state index in [9.17, 15) is 22.8 Å². The van der Waals surface area contributed by atoms with Gasteiger partial charge in [0.2, 0.25) is 11.8 Å². The number of carbonyl (C=O) groups excluding carboxylic acids is 2. The number of carbonyl (C=O) groups is 2. The summed E-state index contributed by atoms with van der Waals surface area (Å²) in [6.07, 6.45) is -4.45. The maximum Gasteiger partial charge on any atom is 0.416 e. The molecule has 0 aromatic heterocycles. The summed E-state index contributed by atoms with van der Waals surface area (Å²) in [5.74, 6) is -1.35. The predicted octanol–water partition coefficient (Wildman–Crippen LogP) is 0.881. The third-order valence-electron chi connectivity index (χ3n) is 3.06. The summed E-state index contributed by atoms with van der Waals surface area (Å²) in [7, 11) is 1.48. The zero-order valence-electron chi connectivity index (χ0n) is 13.1. The quantitative estimate of drug-likeness (QED) is 0.648. The van der Waals surface area contributed by atoms with E-state index in [1.54, 1.807) is 0 Å². The molecule has 0 aliphatic rings. The monoisotopic (exact) mass is 348 g/mol. The van der Waals surface area contributed by atoms with Crippen LogP contribution in [0, 0.1) is 0 Å². The highest BCUT2D eigenvalue weighted by Gasteiger charge is 2.30. The Morgan fingerprint density at radius 2 is 1.83 bits per heavy atom. The summed E-state index contributed by atoms with van der Waals surface area (Å²) in [5, 5.41) is 2.39. The van der Waals surface area contributed by atoms with E-state index in [1.807, 2.05) is 0 Å². The van der Waals surface area contributed by atoms with Crippen molar-refractivity contribution in [3.05, 3.63) is 35.4 Å². The fourth-order valence-corrected chi connectivity index (χ4v) is 1.83. The van der Waals surface area contributed by atoms with Gasteiger partial charge in [0.05, 0.1) is 18.8 Å². The molecular weight excluding hydrogens is 329 g/mol. The molecule has 1 aromatic rings. The average Bonchev–Trinajstić information content (AvgIpc) is 2.50. The molecule has 6 nitrogen and oxygen atoms in total. The van der Waals surface area contributed by atoms with E-state index in [-0.39, 0.29) is 19.6 Å². The van der Waals surface area contributed by atoms with E-state index >= 15 is 0 Å². The van der Waals surface area contributed by atoms with Gasteiger partial charge < -0.3 is 20.5 Å². The van der Waals surface area contributed by atoms with Crippen LogP contribution in [-0.4, -0.2) is 44.8 Å². The Labute approximate surface area is 137 Å². The van der Waals surface area contributed by atoms with Crippen molar-refractivity contribution in [1.29, 1.82) is 0 Å². The standard InChI is InChI=1S/C15H19F3N2O4/c1-23-6-7-24-9-13(21)20-12(14(19)22)8-10-2-4-11(5-3-10)15(16,17)18/h2-5,12H,6-9H2,1H3,(H2,19,22)(H,20,21)/t12-/m0/s1. The summed E-state index contributed by atoms with van der Waals surface area (Å²) in [6.45, 7) is 0.252. The van der Waals surface area contributed by atoms with Crippen LogP contribution in [0.5, 0.6) is 0 Å². The lowest BCUT2D eigenvalue weighted by Gasteiger charge is -2.16. The van der Waals surface area contributed by atoms with Crippen LogP contribution >= 0.6 is 0 Å². The van der Waals surface area contributed by atoms with Crippen molar-refractivity contribution in [2.45, 2.75) is 18.6 Å². The van der Waals surface area contributed by atoms with Gasteiger partial charge in [-0.05, 0) is 17.7 Å². The molecule has 1 aromatic carbocycles. The Balaban J connectivity index is 2.60. The van der Waals surface area contributed by atoms with Gasteiger partial charge in [0, 0.05) is 13.5 Å². The van der Waals surface area contributed by atoms with Gasteiger partial charge in [-0.25, -0.2) is 0 Å². The van der Waals surface area contributed by atoms with Crippen LogP contribution in [0.2, 0.25) is 0 Å². The van der Waals surface area contributed by atoms with Crippen molar-refractivity contribution in [3.63, 3.8) is 0 Å². The molecule has 24 heavy (non-hydrogen) atoms. The molecule has 0 radical (unpaired) electrons. The molecule has 0 bridgehead atoms. The third kappa shape index (κ3) is 6.97. The number of nitrogens with two attached hydrogens (primary N) is 1. The fourth-order valence-electron chi connectivity index (χ4n) is 1.83. The minimum Gasteiger partial charge on any atom is -0.382 e. The van der Waals surface area contributed by atoms with Crippen LogP contribution in [0.15, 0.2) is 24.3 Å². The normalized spacial score (nSPS) is 12.7. The second kappa shape index (κ2) is 9.24. The zero-order valence-corrected chi connectivity index (χ0v) is 13.1. The van der Waals surface area contributed by atoms with Gasteiger partial charge >= 0.3 is 6.18 Å². The van der Waals surface area contributed by atoms with Gasteiger partial charge in [-0.1, -0.05) is 12.1 Å². The SMILES string of the molecule is COCCOCC(=O)N[C@@H](Cc1ccc(C(F)(F)F)cc1)C(N)=O. The second-order valence-electron chi connectivity index (χ2n) is 4.97. The molecule has 0 spiro atoms. The first kappa shape index (κ1) is 19.9. The van der Waals surface area contributed by atoms with Crippen LogP contribution in [0.4, 0.5) is 13.2 Å². The van der Waals surface area contributed by atoms with Gasteiger partial charge in [-0.3, -0.25) is 9.59 Å². The summed E-state index contributed by atoms with van der Waals surface area (Å²) < 4.78 is 47.3. The molecule has 0 aliphatic carbocycles. The average molecular weight is 348 g/mol. The summed E-state index contributed by atoms with van der Waals surface area (Å²) >= 11 is 0. The molecule has 0 heterocycles. The van der Waals surface area contributed by atoms with Crippen molar-refractivity contribution in [2.24, 2.45) is 5.73 Å². The maximum absolute atomic E-state index is 12.5. The molecular formula is C15H19F3N2O4. The number of hydrogen-bond acceptors (Lipinski definition) is 4. The van der Waals surface area contributed by atoms with Crippen LogP contribution in [-0.2, 0) is 31.7 Å². The lowest BCUT2D eigenvalue weighted by molar-refractivity contribution is -0.137. The molecule has 9 heteroatoms. The number of alkyl halides is 3. The summed E-state index contributed by atoms with van der Waals surface area (Å²) in [5.41, 5.74) is 4.86. The molecule has 1 rings (SSSR count). The van der Waals surface area contributed by atoms with Crippen molar-refractivity contribution in [3.8, 4) is 0 Å². The van der Waals surface area contributed by atoms with E-state index in [1.165, 1.54) is 19.2 Å². The first-order valence-electron chi connectivity index (χ1n) is 7.05. The molecule has 1 atom stereocenters. The van der Waals surface area contributed by atoms with E-state index in [0.717, 1.165) is 12.1 Å². The minimum absolute atomic E-state index is 0.0166. The Morgan fingerprint density at radius 3 is 2.33 bits per heavy atom. The first-order valence-corrected chi connectivity index (χ1v) is 7.05. The molecule has 0 fully saturated rings. The van der Waals surface area contributed by atoms with Gasteiger partial charge in [-0.15, -0.1) is 0 Å². The first-order chi connectivity index (χ1) is 11.2. The number of methoxy groups -OCH3 is 1. The van der Waals surface area contributed by atoms with Crippen molar-refractivity contribution in [2.75, 3.05) is 26.9 Å².